The van der Waals surface area contributed by atoms with Gasteiger partial charge in [-0.1, -0.05) is 0 Å². The first kappa shape index (κ1) is 13.4. The predicted octanol–water partition coefficient (Wildman–Crippen LogP) is 2.14. The van der Waals surface area contributed by atoms with Gasteiger partial charge in [0.05, 0.1) is 0 Å². The van der Waals surface area contributed by atoms with Gasteiger partial charge in [-0.05, 0) is 6.42 Å². The van der Waals surface area contributed by atoms with E-state index in [1.807, 2.05) is 0 Å². The lowest BCUT2D eigenvalue weighted by molar-refractivity contribution is -0.125. The van der Waals surface area contributed by atoms with Crippen LogP contribution in [-0.2, 0) is 4.79 Å². The van der Waals surface area contributed by atoms with Gasteiger partial charge in [-0.3, -0.25) is 14.5 Å². The third-order valence-corrected chi connectivity index (χ3v) is 2.74. The highest BCUT2D eigenvalue weighted by atomic mass is 19.2. The van der Waals surface area contributed by atoms with Crippen molar-refractivity contribution in [3.05, 3.63) is 34.6 Å². The van der Waals surface area contributed by atoms with Crippen LogP contribution < -0.4 is 0 Å². The summed E-state index contributed by atoms with van der Waals surface area (Å²) in [4.78, 5) is 23.4. The van der Waals surface area contributed by atoms with Crippen molar-refractivity contribution in [3.8, 4) is 0 Å². The minimum Gasteiger partial charge on any atom is -0.278 e. The van der Waals surface area contributed by atoms with Gasteiger partial charge in [0.1, 0.15) is 5.56 Å². The third-order valence-electron chi connectivity index (χ3n) is 2.74. The molecular formula is C11H6F5NO2. The fraction of sp³-hybridized carbons (Fsp3) is 0.273. The molecule has 0 aliphatic carbocycles. The third kappa shape index (κ3) is 1.96. The van der Waals surface area contributed by atoms with Crippen molar-refractivity contribution in [1.82, 2.24) is 4.90 Å². The van der Waals surface area contributed by atoms with E-state index in [0.717, 1.165) is 0 Å². The van der Waals surface area contributed by atoms with Crippen molar-refractivity contribution in [2.24, 2.45) is 0 Å². The average molecular weight is 279 g/mol. The predicted molar refractivity (Wildman–Crippen MR) is 51.5 cm³/mol. The molecule has 0 unspecified atom stereocenters. The van der Waals surface area contributed by atoms with Crippen molar-refractivity contribution < 1.29 is 31.5 Å². The van der Waals surface area contributed by atoms with E-state index in [-0.39, 0.29) is 19.4 Å². The van der Waals surface area contributed by atoms with E-state index in [1.165, 1.54) is 0 Å². The highest BCUT2D eigenvalue weighted by molar-refractivity contribution is 6.05. The van der Waals surface area contributed by atoms with Crippen molar-refractivity contribution >= 4 is 11.8 Å². The summed E-state index contributed by atoms with van der Waals surface area (Å²) in [5.74, 6) is -13.5. The molecule has 1 fully saturated rings. The molecule has 1 saturated heterocycles. The second-order valence-corrected chi connectivity index (χ2v) is 3.90. The minimum absolute atomic E-state index is 0.0128. The van der Waals surface area contributed by atoms with E-state index in [9.17, 15) is 31.5 Å². The minimum atomic E-state index is -2.35. The number of amides is 2. The molecule has 1 aromatic rings. The Kier molecular flexibility index (Phi) is 3.25. The van der Waals surface area contributed by atoms with Gasteiger partial charge in [0.15, 0.2) is 23.3 Å². The molecule has 3 nitrogen and oxygen atoms in total. The van der Waals surface area contributed by atoms with E-state index >= 15 is 0 Å². The molecule has 8 heteroatoms. The molecule has 1 aromatic carbocycles. The normalized spacial score (nSPS) is 15.2. The Morgan fingerprint density at radius 1 is 0.895 bits per heavy atom. The van der Waals surface area contributed by atoms with Crippen LogP contribution in [0.25, 0.3) is 0 Å². The number of carbonyl (C=O) groups is 2. The van der Waals surface area contributed by atoms with Crippen molar-refractivity contribution in [2.45, 2.75) is 12.8 Å². The fourth-order valence-electron chi connectivity index (χ4n) is 1.79. The first-order valence-corrected chi connectivity index (χ1v) is 5.22. The zero-order valence-electron chi connectivity index (χ0n) is 9.27. The number of hydrogen-bond donors (Lipinski definition) is 0. The number of halogens is 5. The molecule has 0 bridgehead atoms. The molecule has 2 amide bonds. The summed E-state index contributed by atoms with van der Waals surface area (Å²) in [6, 6.07) is 0. The molecular weight excluding hydrogens is 273 g/mol. The van der Waals surface area contributed by atoms with Crippen LogP contribution in [0.5, 0.6) is 0 Å². The lowest BCUT2D eigenvalue weighted by Crippen LogP contribution is -2.34. The van der Waals surface area contributed by atoms with Gasteiger partial charge < -0.3 is 0 Å². The van der Waals surface area contributed by atoms with E-state index < -0.39 is 46.5 Å². The number of nitrogens with zero attached hydrogens (tertiary/aromatic N) is 1. The van der Waals surface area contributed by atoms with Crippen molar-refractivity contribution in [2.75, 3.05) is 6.54 Å². The zero-order chi connectivity index (χ0) is 14.3. The smallest absolute Gasteiger partial charge is 0.266 e. The molecule has 1 heterocycles. The standard InChI is InChI=1S/C11H6F5NO2/c12-6-5(7(13)9(15)10(16)8(6)14)11(19)17-3-1-2-4(17)18/h1-3H2. The van der Waals surface area contributed by atoms with Crippen molar-refractivity contribution in [1.29, 1.82) is 0 Å². The molecule has 2 rings (SSSR count). The van der Waals surface area contributed by atoms with E-state index in [0.29, 0.717) is 4.90 Å². The molecule has 0 spiro atoms. The molecule has 1 aliphatic rings. The summed E-state index contributed by atoms with van der Waals surface area (Å²) >= 11 is 0. The van der Waals surface area contributed by atoms with E-state index in [4.69, 9.17) is 0 Å². The molecule has 0 aromatic heterocycles. The Labute approximate surface area is 103 Å². The first-order valence-electron chi connectivity index (χ1n) is 5.22. The maximum Gasteiger partial charge on any atom is 0.266 e. The van der Waals surface area contributed by atoms with Gasteiger partial charge in [-0.15, -0.1) is 0 Å². The van der Waals surface area contributed by atoms with Gasteiger partial charge in [-0.2, -0.15) is 0 Å². The summed E-state index contributed by atoms with van der Waals surface area (Å²) in [6.07, 6.45) is 0.265. The molecule has 0 N–H and O–H groups in total. The number of imide groups is 1. The maximum atomic E-state index is 13.4. The topological polar surface area (TPSA) is 37.4 Å². The van der Waals surface area contributed by atoms with Crippen LogP contribution >= 0.6 is 0 Å². The van der Waals surface area contributed by atoms with Crippen LogP contribution in [0.3, 0.4) is 0 Å². The summed E-state index contributed by atoms with van der Waals surface area (Å²) in [5, 5.41) is 0. The lowest BCUT2D eigenvalue weighted by atomic mass is 10.1. The number of hydrogen-bond acceptors (Lipinski definition) is 2. The average Bonchev–Trinajstić information content (AvgIpc) is 2.80. The summed E-state index contributed by atoms with van der Waals surface area (Å²) in [6.45, 7) is -0.114. The van der Waals surface area contributed by atoms with Crippen molar-refractivity contribution in [3.63, 3.8) is 0 Å². The van der Waals surface area contributed by atoms with Crippen LogP contribution in [-0.4, -0.2) is 23.3 Å². The number of benzene rings is 1. The molecule has 0 saturated carbocycles. The van der Waals surface area contributed by atoms with E-state index in [1.54, 1.807) is 0 Å². The number of likely N-dealkylation sites (tertiary alicyclic amines) is 1. The fourth-order valence-corrected chi connectivity index (χ4v) is 1.79. The maximum absolute atomic E-state index is 13.4. The Morgan fingerprint density at radius 3 is 1.79 bits per heavy atom. The first-order chi connectivity index (χ1) is 8.86. The Balaban J connectivity index is 2.57. The van der Waals surface area contributed by atoms with Crippen LogP contribution in [0.15, 0.2) is 0 Å². The van der Waals surface area contributed by atoms with Crippen LogP contribution in [0.2, 0.25) is 0 Å². The van der Waals surface area contributed by atoms with E-state index in [2.05, 4.69) is 0 Å². The van der Waals surface area contributed by atoms with Gasteiger partial charge in [0.2, 0.25) is 11.7 Å². The molecule has 0 radical (unpaired) electrons. The van der Waals surface area contributed by atoms with Gasteiger partial charge in [0, 0.05) is 13.0 Å². The summed E-state index contributed by atoms with van der Waals surface area (Å²) in [5.41, 5.74) is -1.60. The number of rotatable bonds is 1. The van der Waals surface area contributed by atoms with Gasteiger partial charge >= 0.3 is 0 Å². The second-order valence-electron chi connectivity index (χ2n) is 3.90. The SMILES string of the molecule is O=C1CCCN1C(=O)c1c(F)c(F)c(F)c(F)c1F. The molecule has 19 heavy (non-hydrogen) atoms. The quantitative estimate of drug-likeness (QED) is 0.342. The van der Waals surface area contributed by atoms with Gasteiger partial charge in [0.25, 0.3) is 5.91 Å². The zero-order valence-corrected chi connectivity index (χ0v) is 9.27. The largest absolute Gasteiger partial charge is 0.278 e. The Bertz CT molecular complexity index is 558. The summed E-state index contributed by atoms with van der Waals surface area (Å²) < 4.78 is 65.4. The lowest BCUT2D eigenvalue weighted by Gasteiger charge is -2.15. The second kappa shape index (κ2) is 4.60. The van der Waals surface area contributed by atoms with Crippen LogP contribution in [0, 0.1) is 29.1 Å². The van der Waals surface area contributed by atoms with Crippen LogP contribution in [0.1, 0.15) is 23.2 Å². The van der Waals surface area contributed by atoms with Crippen LogP contribution in [0.4, 0.5) is 22.0 Å². The highest BCUT2D eigenvalue weighted by Crippen LogP contribution is 2.25. The molecule has 102 valence electrons. The summed E-state index contributed by atoms with van der Waals surface area (Å²) in [7, 11) is 0. The molecule has 0 atom stereocenters. The Hall–Kier alpha value is -1.99. The number of carbonyl (C=O) groups excluding carboxylic acids is 2. The molecule has 1 aliphatic heterocycles. The monoisotopic (exact) mass is 279 g/mol. The Morgan fingerprint density at radius 2 is 1.37 bits per heavy atom. The highest BCUT2D eigenvalue weighted by Gasteiger charge is 2.35. The van der Waals surface area contributed by atoms with Gasteiger partial charge in [-0.25, -0.2) is 22.0 Å².